The van der Waals surface area contributed by atoms with Gasteiger partial charge in [-0.25, -0.2) is 4.79 Å². The summed E-state index contributed by atoms with van der Waals surface area (Å²) in [7, 11) is 0. The third-order valence-corrected chi connectivity index (χ3v) is 14.8. The number of aliphatic hydroxyl groups is 1. The van der Waals surface area contributed by atoms with Crippen LogP contribution < -0.4 is 55.3 Å². The van der Waals surface area contributed by atoms with Crippen LogP contribution in [-0.2, 0) is 49.6 Å². The van der Waals surface area contributed by atoms with Crippen LogP contribution in [0, 0.1) is 11.8 Å². The molecule has 3 heterocycles. The molecule has 426 valence electrons. The summed E-state index contributed by atoms with van der Waals surface area (Å²) in [6, 6.07) is 0.761. The number of nitrogens with two attached hydrogens (primary N) is 5. The number of piperidine rings is 1. The molecule has 17 N–H and O–H groups in total. The molecule has 26 heteroatoms. The molecule has 8 amide bonds. The Hall–Kier alpha value is -7.09. The van der Waals surface area contributed by atoms with E-state index in [9.17, 15) is 53.4 Å². The van der Waals surface area contributed by atoms with Gasteiger partial charge in [-0.1, -0.05) is 62.4 Å². The van der Waals surface area contributed by atoms with Gasteiger partial charge in [0.05, 0.1) is 19.2 Å². The first-order valence-corrected chi connectivity index (χ1v) is 27.0. The maximum atomic E-state index is 14.1. The molecule has 26 nitrogen and oxygen atoms in total. The minimum absolute atomic E-state index is 0.0157. The van der Waals surface area contributed by atoms with Crippen LogP contribution in [0.5, 0.6) is 0 Å². The number of nitrogens with one attached hydrogen (secondary N) is 5. The maximum absolute atomic E-state index is 14.1. The molecule has 0 spiro atoms. The van der Waals surface area contributed by atoms with Crippen LogP contribution in [0.15, 0.2) is 40.3 Å². The number of hydrogen-bond acceptors (Lipinski definition) is 13. The van der Waals surface area contributed by atoms with Gasteiger partial charge in [-0.05, 0) is 82.1 Å². The zero-order valence-corrected chi connectivity index (χ0v) is 44.0. The van der Waals surface area contributed by atoms with Gasteiger partial charge in [0.1, 0.15) is 36.3 Å². The molecule has 1 aromatic carbocycles. The van der Waals surface area contributed by atoms with Crippen molar-refractivity contribution in [2.75, 3.05) is 52.4 Å². The van der Waals surface area contributed by atoms with Gasteiger partial charge in [-0.2, -0.15) is 0 Å². The molecule has 1 aliphatic carbocycles. The van der Waals surface area contributed by atoms with Crippen molar-refractivity contribution in [1.29, 1.82) is 0 Å². The number of benzene rings is 1. The van der Waals surface area contributed by atoms with E-state index in [2.05, 4.69) is 36.6 Å². The van der Waals surface area contributed by atoms with Gasteiger partial charge in [0.15, 0.2) is 11.9 Å². The average Bonchev–Trinajstić information content (AvgIpc) is 4.13. The van der Waals surface area contributed by atoms with Gasteiger partial charge in [0, 0.05) is 51.6 Å². The Morgan fingerprint density at radius 1 is 0.623 bits per heavy atom. The standard InChI is InChI=1S/C51H81N15O11/c52-34(27-31-11-3-1-4-12-31)43(70)59-29-41(68)65-23-10-18-40(65)48(75)64-25-19-33(20-26-64)42(69)60-35(15-7-21-57-50(53)54)44(71)63-38(30-67)47(74)66-24-9-17-39(66)46(73)62-37(28-32-13-5-2-6-14-32)45(72)61-36(49(76)77)16-8-22-58-51(55)56/h2,5-6,13-14,31,33-40,67H,1,3-4,7-12,15-30,52H2,(H,59,70)(H,60,69)(H,61,72)(H,62,73)(H,63,71)(H,76,77)(H4,53,54,57)(H4,55,56,58)/t34-,35-,36-,37-,38-,39-,40-/m0/s1. The predicted molar refractivity (Wildman–Crippen MR) is 283 cm³/mol. The molecule has 4 fully saturated rings. The summed E-state index contributed by atoms with van der Waals surface area (Å²) in [5, 5.41) is 33.6. The molecular weight excluding hydrogens is 999 g/mol. The zero-order valence-electron chi connectivity index (χ0n) is 44.0. The highest BCUT2D eigenvalue weighted by Gasteiger charge is 2.42. The highest BCUT2D eigenvalue weighted by Crippen LogP contribution is 2.28. The molecule has 3 saturated heterocycles. The van der Waals surface area contributed by atoms with Crippen molar-refractivity contribution >= 4 is 65.1 Å². The molecule has 0 aromatic heterocycles. The fourth-order valence-corrected chi connectivity index (χ4v) is 10.6. The first kappa shape index (κ1) is 60.8. The first-order chi connectivity index (χ1) is 36.9. The van der Waals surface area contributed by atoms with Gasteiger partial charge >= 0.3 is 5.97 Å². The highest BCUT2D eigenvalue weighted by molar-refractivity contribution is 5.97. The van der Waals surface area contributed by atoms with Crippen molar-refractivity contribution < 1.29 is 53.4 Å². The first-order valence-electron chi connectivity index (χ1n) is 27.0. The number of aliphatic carboxylic acids is 1. The van der Waals surface area contributed by atoms with Gasteiger partial charge in [-0.15, -0.1) is 0 Å². The van der Waals surface area contributed by atoms with Crippen molar-refractivity contribution in [2.45, 2.75) is 151 Å². The second-order valence-electron chi connectivity index (χ2n) is 20.5. The molecule has 77 heavy (non-hydrogen) atoms. The van der Waals surface area contributed by atoms with Crippen molar-refractivity contribution in [3.8, 4) is 0 Å². The van der Waals surface area contributed by atoms with E-state index < -0.39 is 90.3 Å². The van der Waals surface area contributed by atoms with Crippen molar-refractivity contribution in [2.24, 2.45) is 50.5 Å². The van der Waals surface area contributed by atoms with E-state index in [4.69, 9.17) is 28.7 Å². The minimum Gasteiger partial charge on any atom is -0.480 e. The number of aliphatic hydroxyl groups excluding tert-OH is 1. The Kier molecular flexibility index (Phi) is 24.2. The van der Waals surface area contributed by atoms with E-state index in [1.165, 1.54) is 16.2 Å². The highest BCUT2D eigenvalue weighted by atomic mass is 16.4. The number of hydrogen-bond donors (Lipinski definition) is 12. The largest absolute Gasteiger partial charge is 0.480 e. The van der Waals surface area contributed by atoms with E-state index in [-0.39, 0.29) is 120 Å². The van der Waals surface area contributed by atoms with E-state index >= 15 is 0 Å². The monoisotopic (exact) mass is 1080 g/mol. The normalized spacial score (nSPS) is 19.8. The summed E-state index contributed by atoms with van der Waals surface area (Å²) in [5.74, 6) is -6.46. The molecule has 5 rings (SSSR count). The Morgan fingerprint density at radius 2 is 1.19 bits per heavy atom. The van der Waals surface area contributed by atoms with Gasteiger partial charge < -0.3 is 80.2 Å². The average molecular weight is 1080 g/mol. The number of guanidine groups is 2. The van der Waals surface area contributed by atoms with Crippen molar-refractivity contribution in [3.05, 3.63) is 35.9 Å². The predicted octanol–water partition coefficient (Wildman–Crippen LogP) is -3.01. The van der Waals surface area contributed by atoms with Crippen LogP contribution in [0.25, 0.3) is 0 Å². The lowest BCUT2D eigenvalue weighted by Crippen LogP contribution is -2.59. The molecule has 3 aliphatic heterocycles. The fourth-order valence-electron chi connectivity index (χ4n) is 10.6. The number of rotatable bonds is 27. The van der Waals surface area contributed by atoms with Crippen molar-refractivity contribution in [3.63, 3.8) is 0 Å². The number of carbonyl (C=O) groups is 9. The quantitative estimate of drug-likeness (QED) is 0.0237. The SMILES string of the molecule is NC(N)=NCCC[C@H](NC(=O)[C@H](Cc1ccccc1)NC(=O)[C@@H]1CCCN1C(=O)[C@H](CO)NC(=O)[C@H](CCCN=C(N)N)NC(=O)C1CCN(C(=O)[C@@H]2CCCN2C(=O)CNC(=O)[C@@H](N)CC2CCCCC2)CC1)C(=O)O. The third kappa shape index (κ3) is 18.9. The number of amides is 8. The molecule has 0 bridgehead atoms. The zero-order chi connectivity index (χ0) is 56.0. The van der Waals surface area contributed by atoms with Crippen molar-refractivity contribution in [1.82, 2.24) is 41.3 Å². The topological polar surface area (TPSA) is 419 Å². The Morgan fingerprint density at radius 3 is 1.81 bits per heavy atom. The van der Waals surface area contributed by atoms with E-state index in [1.54, 1.807) is 35.2 Å². The van der Waals surface area contributed by atoms with Crippen LogP contribution >= 0.6 is 0 Å². The number of carboxylic acids is 1. The lowest BCUT2D eigenvalue weighted by Gasteiger charge is -2.35. The van der Waals surface area contributed by atoms with Gasteiger partial charge in [-0.3, -0.25) is 48.3 Å². The second kappa shape index (κ2) is 30.6. The molecule has 7 atom stereocenters. The van der Waals surface area contributed by atoms with E-state index in [0.717, 1.165) is 25.7 Å². The molecule has 1 aromatic rings. The molecule has 0 radical (unpaired) electrons. The summed E-state index contributed by atoms with van der Waals surface area (Å²) >= 11 is 0. The summed E-state index contributed by atoms with van der Waals surface area (Å²) in [5.41, 5.74) is 28.6. The summed E-state index contributed by atoms with van der Waals surface area (Å²) in [6.45, 7) is -0.0660. The number of nitrogens with zero attached hydrogens (tertiary/aromatic N) is 5. The minimum atomic E-state index is -1.55. The Balaban J connectivity index is 1.17. The Bertz CT molecular complexity index is 2250. The van der Waals surface area contributed by atoms with Crippen LogP contribution in [-0.4, -0.2) is 185 Å². The van der Waals surface area contributed by atoms with Crippen LogP contribution in [0.3, 0.4) is 0 Å². The lowest BCUT2D eigenvalue weighted by atomic mass is 9.85. The summed E-state index contributed by atoms with van der Waals surface area (Å²) in [4.78, 5) is 134. The smallest absolute Gasteiger partial charge is 0.326 e. The summed E-state index contributed by atoms with van der Waals surface area (Å²) < 4.78 is 0. The van der Waals surface area contributed by atoms with Crippen LogP contribution in [0.4, 0.5) is 0 Å². The second-order valence-corrected chi connectivity index (χ2v) is 20.5. The number of aliphatic imine (C=N–C) groups is 2. The van der Waals surface area contributed by atoms with Gasteiger partial charge in [0.25, 0.3) is 0 Å². The Labute approximate surface area is 448 Å². The number of carboxylic acid groups (broad SMARTS) is 1. The fraction of sp³-hybridized carbons (Fsp3) is 0.667. The van der Waals surface area contributed by atoms with Crippen LogP contribution in [0.2, 0.25) is 0 Å². The van der Waals surface area contributed by atoms with E-state index in [1.807, 2.05) is 0 Å². The molecule has 1 saturated carbocycles. The van der Waals surface area contributed by atoms with Crippen LogP contribution in [0.1, 0.15) is 108 Å². The summed E-state index contributed by atoms with van der Waals surface area (Å²) in [6.07, 6.45) is 8.63. The number of carbonyl (C=O) groups excluding carboxylic acids is 8. The van der Waals surface area contributed by atoms with Gasteiger partial charge in [0.2, 0.25) is 47.3 Å². The molecule has 4 aliphatic rings. The third-order valence-electron chi connectivity index (χ3n) is 14.8. The molecule has 0 unspecified atom stereocenters. The van der Waals surface area contributed by atoms with E-state index in [0.29, 0.717) is 43.7 Å². The maximum Gasteiger partial charge on any atom is 0.326 e. The number of likely N-dealkylation sites (tertiary alicyclic amines) is 3. The lowest BCUT2D eigenvalue weighted by molar-refractivity contribution is -0.145. The molecular formula is C51H81N15O11.